The average Bonchev–Trinajstić information content (AvgIpc) is 3.02. The van der Waals surface area contributed by atoms with Crippen molar-refractivity contribution in [3.63, 3.8) is 0 Å². The molecular weight excluding hydrogens is 256 g/mol. The molecule has 3 rings (SSSR count). The lowest BCUT2D eigenvalue weighted by Crippen LogP contribution is -2.22. The zero-order chi connectivity index (χ0) is 13.2. The van der Waals surface area contributed by atoms with Crippen LogP contribution in [0, 0.1) is 0 Å². The van der Waals surface area contributed by atoms with Crippen LogP contribution in [0.4, 0.5) is 0 Å². The molecule has 0 atom stereocenters. The Morgan fingerprint density at radius 3 is 3.00 bits per heavy atom. The van der Waals surface area contributed by atoms with E-state index in [2.05, 4.69) is 53.8 Å². The molecule has 2 aromatic heterocycles. The SMILES string of the molecule is CC(C)NCc1ncoc1-c1csc2ccccc12. The number of hydrogen-bond donors (Lipinski definition) is 1. The van der Waals surface area contributed by atoms with Crippen LogP contribution < -0.4 is 5.32 Å². The van der Waals surface area contributed by atoms with E-state index in [0.29, 0.717) is 6.04 Å². The molecule has 0 amide bonds. The average molecular weight is 272 g/mol. The molecule has 0 saturated carbocycles. The summed E-state index contributed by atoms with van der Waals surface area (Å²) in [6, 6.07) is 8.81. The minimum Gasteiger partial charge on any atom is -0.443 e. The van der Waals surface area contributed by atoms with E-state index in [-0.39, 0.29) is 0 Å². The third-order valence-corrected chi connectivity index (χ3v) is 4.01. The minimum atomic E-state index is 0.434. The first-order chi connectivity index (χ1) is 9.25. The second-order valence-electron chi connectivity index (χ2n) is 4.81. The van der Waals surface area contributed by atoms with Crippen LogP contribution in [0.1, 0.15) is 19.5 Å². The standard InChI is InChI=1S/C15H16N2OS/c1-10(2)16-7-13-15(18-9-17-13)12-8-19-14-6-4-3-5-11(12)14/h3-6,8-10,16H,7H2,1-2H3. The monoisotopic (exact) mass is 272 g/mol. The summed E-state index contributed by atoms with van der Waals surface area (Å²) in [5.41, 5.74) is 2.11. The molecule has 0 bridgehead atoms. The molecule has 0 saturated heterocycles. The molecule has 3 nitrogen and oxygen atoms in total. The predicted molar refractivity (Wildman–Crippen MR) is 79.3 cm³/mol. The first-order valence-electron chi connectivity index (χ1n) is 6.38. The van der Waals surface area contributed by atoms with E-state index in [0.717, 1.165) is 23.6 Å². The molecule has 2 heterocycles. The lowest BCUT2D eigenvalue weighted by atomic mass is 10.1. The molecular formula is C15H16N2OS. The Labute approximate surface area is 116 Å². The molecule has 3 aromatic rings. The maximum absolute atomic E-state index is 5.60. The van der Waals surface area contributed by atoms with Crippen molar-refractivity contribution < 1.29 is 4.42 Å². The first-order valence-corrected chi connectivity index (χ1v) is 7.26. The summed E-state index contributed by atoms with van der Waals surface area (Å²) >= 11 is 1.74. The van der Waals surface area contributed by atoms with Gasteiger partial charge in [0.05, 0.1) is 0 Å². The van der Waals surface area contributed by atoms with E-state index in [1.807, 2.05) is 0 Å². The third kappa shape index (κ3) is 2.41. The molecule has 0 aliphatic carbocycles. The predicted octanol–water partition coefficient (Wildman–Crippen LogP) is 4.05. The van der Waals surface area contributed by atoms with Gasteiger partial charge >= 0.3 is 0 Å². The largest absolute Gasteiger partial charge is 0.443 e. The van der Waals surface area contributed by atoms with E-state index in [9.17, 15) is 0 Å². The molecule has 0 aliphatic heterocycles. The van der Waals surface area contributed by atoms with E-state index >= 15 is 0 Å². The van der Waals surface area contributed by atoms with Crippen molar-refractivity contribution in [3.05, 3.63) is 41.7 Å². The molecule has 0 radical (unpaired) electrons. The van der Waals surface area contributed by atoms with Crippen molar-refractivity contribution >= 4 is 21.4 Å². The van der Waals surface area contributed by atoms with Crippen molar-refractivity contribution in [2.75, 3.05) is 0 Å². The van der Waals surface area contributed by atoms with Gasteiger partial charge in [-0.2, -0.15) is 0 Å². The van der Waals surface area contributed by atoms with E-state index in [1.54, 1.807) is 11.3 Å². The van der Waals surface area contributed by atoms with Gasteiger partial charge in [-0.25, -0.2) is 4.98 Å². The Kier molecular flexibility index (Phi) is 3.36. The summed E-state index contributed by atoms with van der Waals surface area (Å²) in [4.78, 5) is 4.33. The van der Waals surface area contributed by atoms with Crippen LogP contribution in [0.25, 0.3) is 21.4 Å². The molecule has 0 unspecified atom stereocenters. The topological polar surface area (TPSA) is 38.1 Å². The van der Waals surface area contributed by atoms with Crippen molar-refractivity contribution in [2.45, 2.75) is 26.4 Å². The summed E-state index contributed by atoms with van der Waals surface area (Å²) in [5.74, 6) is 0.880. The number of oxazole rings is 1. The van der Waals surface area contributed by atoms with Gasteiger partial charge < -0.3 is 9.73 Å². The minimum absolute atomic E-state index is 0.434. The van der Waals surface area contributed by atoms with Gasteiger partial charge in [-0.3, -0.25) is 0 Å². The molecule has 4 heteroatoms. The summed E-state index contributed by atoms with van der Waals surface area (Å²) < 4.78 is 6.88. The van der Waals surface area contributed by atoms with Crippen molar-refractivity contribution in [1.29, 1.82) is 0 Å². The number of hydrogen-bond acceptors (Lipinski definition) is 4. The van der Waals surface area contributed by atoms with Gasteiger partial charge in [0, 0.05) is 33.6 Å². The zero-order valence-corrected chi connectivity index (χ0v) is 11.8. The highest BCUT2D eigenvalue weighted by Crippen LogP contribution is 2.35. The summed E-state index contributed by atoms with van der Waals surface area (Å²) in [6.07, 6.45) is 1.53. The van der Waals surface area contributed by atoms with Crippen LogP contribution in [-0.2, 0) is 6.54 Å². The summed E-state index contributed by atoms with van der Waals surface area (Å²) in [6.45, 7) is 4.98. The quantitative estimate of drug-likeness (QED) is 0.778. The Morgan fingerprint density at radius 1 is 1.32 bits per heavy atom. The van der Waals surface area contributed by atoms with Crippen LogP contribution >= 0.6 is 11.3 Å². The lowest BCUT2D eigenvalue weighted by Gasteiger charge is -2.06. The first kappa shape index (κ1) is 12.4. The van der Waals surface area contributed by atoms with Gasteiger partial charge in [0.1, 0.15) is 5.69 Å². The second-order valence-corrected chi connectivity index (χ2v) is 5.72. The Bertz CT molecular complexity index is 684. The number of nitrogens with zero attached hydrogens (tertiary/aromatic N) is 1. The summed E-state index contributed by atoms with van der Waals surface area (Å²) in [7, 11) is 0. The van der Waals surface area contributed by atoms with E-state index in [4.69, 9.17) is 4.42 Å². The number of rotatable bonds is 4. The van der Waals surface area contributed by atoms with Crippen LogP contribution in [0.2, 0.25) is 0 Å². The fraction of sp³-hybridized carbons (Fsp3) is 0.267. The van der Waals surface area contributed by atoms with Gasteiger partial charge in [0.15, 0.2) is 12.2 Å². The molecule has 0 aliphatic rings. The highest BCUT2D eigenvalue weighted by atomic mass is 32.1. The number of aromatic nitrogens is 1. The van der Waals surface area contributed by atoms with Gasteiger partial charge in [-0.15, -0.1) is 11.3 Å². The highest BCUT2D eigenvalue weighted by Gasteiger charge is 2.14. The van der Waals surface area contributed by atoms with Crippen molar-refractivity contribution in [1.82, 2.24) is 10.3 Å². The van der Waals surface area contributed by atoms with Crippen LogP contribution in [-0.4, -0.2) is 11.0 Å². The number of fused-ring (bicyclic) bond motifs is 1. The van der Waals surface area contributed by atoms with Gasteiger partial charge in [-0.05, 0) is 6.07 Å². The summed E-state index contributed by atoms with van der Waals surface area (Å²) in [5, 5.41) is 6.75. The number of benzene rings is 1. The van der Waals surface area contributed by atoms with Crippen LogP contribution in [0.15, 0.2) is 40.5 Å². The Balaban J connectivity index is 2.00. The molecule has 0 spiro atoms. The number of nitrogens with one attached hydrogen (secondary N) is 1. The second kappa shape index (κ2) is 5.15. The molecule has 19 heavy (non-hydrogen) atoms. The fourth-order valence-electron chi connectivity index (χ4n) is 2.07. The van der Waals surface area contributed by atoms with Crippen LogP contribution in [0.3, 0.4) is 0 Å². The smallest absolute Gasteiger partial charge is 0.181 e. The highest BCUT2D eigenvalue weighted by molar-refractivity contribution is 7.17. The van der Waals surface area contributed by atoms with Gasteiger partial charge in [-0.1, -0.05) is 32.0 Å². The van der Waals surface area contributed by atoms with Crippen LogP contribution in [0.5, 0.6) is 0 Å². The molecule has 98 valence electrons. The van der Waals surface area contributed by atoms with Gasteiger partial charge in [0.2, 0.25) is 0 Å². The van der Waals surface area contributed by atoms with E-state index in [1.165, 1.54) is 16.5 Å². The van der Waals surface area contributed by atoms with Gasteiger partial charge in [0.25, 0.3) is 0 Å². The van der Waals surface area contributed by atoms with E-state index < -0.39 is 0 Å². The molecule has 1 N–H and O–H groups in total. The Morgan fingerprint density at radius 2 is 2.16 bits per heavy atom. The third-order valence-electron chi connectivity index (χ3n) is 3.04. The zero-order valence-electron chi connectivity index (χ0n) is 11.0. The lowest BCUT2D eigenvalue weighted by molar-refractivity contribution is 0.563. The maximum atomic E-state index is 5.60. The fourth-order valence-corrected chi connectivity index (χ4v) is 3.01. The number of thiophene rings is 1. The molecule has 1 aromatic carbocycles. The normalized spacial score (nSPS) is 11.5. The maximum Gasteiger partial charge on any atom is 0.181 e. The van der Waals surface area contributed by atoms with Crippen molar-refractivity contribution in [2.24, 2.45) is 0 Å². The van der Waals surface area contributed by atoms with Crippen molar-refractivity contribution in [3.8, 4) is 11.3 Å². The molecule has 0 fully saturated rings. The Hall–Kier alpha value is -1.65.